The number of rotatable bonds is 4. The van der Waals surface area contributed by atoms with E-state index in [1.807, 2.05) is 12.1 Å². The van der Waals surface area contributed by atoms with Gasteiger partial charge in [-0.3, -0.25) is 0 Å². The summed E-state index contributed by atoms with van der Waals surface area (Å²) in [7, 11) is 0. The van der Waals surface area contributed by atoms with E-state index in [9.17, 15) is 5.26 Å². The van der Waals surface area contributed by atoms with Crippen molar-refractivity contribution in [1.82, 2.24) is 18.3 Å². The SMILES string of the molecule is [C-]#[N+]c1cc(-n2c3cc(-n4c5ccccc5c5ccccc54)ccc3c3c4ccccc4ccc32)c(C#N)cc1-n1c2cc(-n3c4ccccc4c4ccccc43)ccc2c2c3ccccc3ccc21. The molecule has 0 saturated carbocycles. The van der Waals surface area contributed by atoms with Crippen molar-refractivity contribution in [2.45, 2.75) is 0 Å². The van der Waals surface area contributed by atoms with Gasteiger partial charge in [-0.25, -0.2) is 4.85 Å². The molecule has 322 valence electrons. The molecule has 0 unspecified atom stereocenters. The fraction of sp³-hybridized carbons (Fsp3) is 0. The van der Waals surface area contributed by atoms with Gasteiger partial charge < -0.3 is 18.3 Å². The molecular weight excluding hydrogens is 853 g/mol. The number of nitriles is 1. The Morgan fingerprint density at radius 3 is 1.16 bits per heavy atom. The smallest absolute Gasteiger partial charge is 0.212 e. The molecule has 4 heterocycles. The van der Waals surface area contributed by atoms with Crippen LogP contribution in [0.1, 0.15) is 5.56 Å². The minimum Gasteiger partial charge on any atom is -0.319 e. The number of hydrogen-bond donors (Lipinski definition) is 0. The molecule has 0 amide bonds. The summed E-state index contributed by atoms with van der Waals surface area (Å²) in [5.74, 6) is 0. The molecule has 70 heavy (non-hydrogen) atoms. The molecule has 0 atom stereocenters. The average molecular weight is 889 g/mol. The first-order chi connectivity index (χ1) is 34.7. The van der Waals surface area contributed by atoms with E-state index >= 15 is 0 Å². The molecule has 11 aromatic carbocycles. The molecule has 0 spiro atoms. The van der Waals surface area contributed by atoms with Crippen LogP contribution in [0, 0.1) is 17.9 Å². The zero-order chi connectivity index (χ0) is 46.2. The van der Waals surface area contributed by atoms with Crippen molar-refractivity contribution in [3.8, 4) is 28.8 Å². The van der Waals surface area contributed by atoms with E-state index in [4.69, 9.17) is 6.57 Å². The van der Waals surface area contributed by atoms with E-state index in [0.29, 0.717) is 22.6 Å². The van der Waals surface area contributed by atoms with Gasteiger partial charge in [0.25, 0.3) is 0 Å². The number of hydrogen-bond acceptors (Lipinski definition) is 1. The van der Waals surface area contributed by atoms with Crippen molar-refractivity contribution in [3.05, 3.63) is 235 Å². The Hall–Kier alpha value is -9.88. The number of aromatic nitrogens is 4. The van der Waals surface area contributed by atoms with Crippen molar-refractivity contribution >= 4 is 114 Å². The molecule has 0 aliphatic carbocycles. The van der Waals surface area contributed by atoms with Crippen LogP contribution in [-0.2, 0) is 0 Å². The predicted molar refractivity (Wildman–Crippen MR) is 290 cm³/mol. The fourth-order valence-corrected chi connectivity index (χ4v) is 11.9. The Kier molecular flexibility index (Phi) is 7.82. The summed E-state index contributed by atoms with van der Waals surface area (Å²) < 4.78 is 9.10. The molecule has 0 aliphatic rings. The molecule has 6 nitrogen and oxygen atoms in total. The first-order valence-electron chi connectivity index (χ1n) is 23.5. The lowest BCUT2D eigenvalue weighted by Gasteiger charge is -2.17. The summed E-state index contributed by atoms with van der Waals surface area (Å²) in [5.41, 5.74) is 12.5. The Bertz CT molecular complexity index is 4450. The Balaban J connectivity index is 1.03. The van der Waals surface area contributed by atoms with Crippen LogP contribution in [0.2, 0.25) is 0 Å². The van der Waals surface area contributed by atoms with Gasteiger partial charge in [0.2, 0.25) is 5.69 Å². The van der Waals surface area contributed by atoms with Crippen LogP contribution >= 0.6 is 0 Å². The zero-order valence-corrected chi connectivity index (χ0v) is 37.5. The maximum Gasteiger partial charge on any atom is 0.212 e. The quantitative estimate of drug-likeness (QED) is 0.162. The summed E-state index contributed by atoms with van der Waals surface area (Å²) >= 11 is 0. The van der Waals surface area contributed by atoms with Crippen LogP contribution < -0.4 is 0 Å². The lowest BCUT2D eigenvalue weighted by Crippen LogP contribution is -2.02. The second-order valence-corrected chi connectivity index (χ2v) is 18.3. The maximum absolute atomic E-state index is 11.4. The van der Waals surface area contributed by atoms with Gasteiger partial charge in [-0.05, 0) is 94.3 Å². The molecule has 0 aliphatic heterocycles. The van der Waals surface area contributed by atoms with Crippen molar-refractivity contribution in [1.29, 1.82) is 5.26 Å². The lowest BCUT2D eigenvalue weighted by molar-refractivity contribution is 1.13. The van der Waals surface area contributed by atoms with Gasteiger partial charge in [-0.15, -0.1) is 0 Å². The van der Waals surface area contributed by atoms with Gasteiger partial charge in [0, 0.05) is 54.5 Å². The third-order valence-corrected chi connectivity index (χ3v) is 14.8. The standard InChI is InChI=1S/C64H36N6/c1-66-52-37-59(69-57-32-26-39-14-2-4-16-44(39)63(57)50-30-28-42(35-60(50)69)67-53-22-10-6-18-46(53)47-19-7-11-23-54(47)67)41(38-65)34-62(52)70-58-33-27-40-15-3-5-17-45(40)64(58)51-31-29-43(36-61(51)70)68-55-24-12-8-20-48(55)49-21-9-13-25-56(49)68/h2-37H. The molecular formula is C64H36N6. The number of para-hydroxylation sites is 4. The summed E-state index contributed by atoms with van der Waals surface area (Å²) in [6.45, 7) is 8.95. The zero-order valence-electron chi connectivity index (χ0n) is 37.5. The maximum atomic E-state index is 11.4. The van der Waals surface area contributed by atoms with Gasteiger partial charge >= 0.3 is 0 Å². The second kappa shape index (κ2) is 14.3. The second-order valence-electron chi connectivity index (χ2n) is 18.3. The number of nitrogens with zero attached hydrogens (tertiary/aromatic N) is 6. The summed E-state index contributed by atoms with van der Waals surface area (Å²) in [4.78, 5) is 4.34. The Morgan fingerprint density at radius 2 is 0.729 bits per heavy atom. The highest BCUT2D eigenvalue weighted by Crippen LogP contribution is 2.45. The third kappa shape index (κ3) is 5.14. The van der Waals surface area contributed by atoms with E-state index in [2.05, 4.69) is 235 Å². The van der Waals surface area contributed by atoms with Crippen LogP contribution in [0.3, 0.4) is 0 Å². The topological polar surface area (TPSA) is 47.9 Å². The van der Waals surface area contributed by atoms with Gasteiger partial charge in [0.15, 0.2) is 0 Å². The summed E-state index contributed by atoms with van der Waals surface area (Å²) in [5, 5.41) is 25.1. The lowest BCUT2D eigenvalue weighted by atomic mass is 10.0. The molecule has 0 N–H and O–H groups in total. The van der Waals surface area contributed by atoms with Crippen LogP contribution in [-0.4, -0.2) is 18.3 Å². The largest absolute Gasteiger partial charge is 0.319 e. The molecule has 6 heteroatoms. The van der Waals surface area contributed by atoms with E-state index < -0.39 is 0 Å². The first-order valence-corrected chi connectivity index (χ1v) is 23.5. The molecule has 0 radical (unpaired) electrons. The van der Waals surface area contributed by atoms with Crippen LogP contribution in [0.25, 0.3) is 136 Å². The van der Waals surface area contributed by atoms with E-state index in [1.165, 1.54) is 21.5 Å². The minimum absolute atomic E-state index is 0.442. The fourth-order valence-electron chi connectivity index (χ4n) is 11.9. The van der Waals surface area contributed by atoms with Crippen molar-refractivity contribution in [3.63, 3.8) is 0 Å². The molecule has 0 saturated heterocycles. The van der Waals surface area contributed by atoms with Crippen LogP contribution in [0.4, 0.5) is 5.69 Å². The molecule has 0 fully saturated rings. The van der Waals surface area contributed by atoms with Gasteiger partial charge in [0.05, 0.1) is 67.6 Å². The van der Waals surface area contributed by atoms with Crippen molar-refractivity contribution in [2.24, 2.45) is 0 Å². The van der Waals surface area contributed by atoms with Gasteiger partial charge in [-0.1, -0.05) is 146 Å². The van der Waals surface area contributed by atoms with E-state index in [-0.39, 0.29) is 0 Å². The van der Waals surface area contributed by atoms with Crippen molar-refractivity contribution in [2.75, 3.05) is 0 Å². The third-order valence-electron chi connectivity index (χ3n) is 14.8. The molecule has 4 aromatic heterocycles. The van der Waals surface area contributed by atoms with Gasteiger partial charge in [-0.2, -0.15) is 5.26 Å². The van der Waals surface area contributed by atoms with Crippen LogP contribution in [0.5, 0.6) is 0 Å². The molecule has 15 rings (SSSR count). The normalized spacial score (nSPS) is 12.0. The summed E-state index contributed by atoms with van der Waals surface area (Å²) in [6, 6.07) is 79.8. The minimum atomic E-state index is 0.442. The monoisotopic (exact) mass is 888 g/mol. The number of benzene rings is 11. The highest BCUT2D eigenvalue weighted by molar-refractivity contribution is 6.23. The highest BCUT2D eigenvalue weighted by atomic mass is 15.0. The molecule has 0 bridgehead atoms. The molecule has 15 aromatic rings. The van der Waals surface area contributed by atoms with E-state index in [0.717, 1.165) is 98.6 Å². The Morgan fingerprint density at radius 1 is 0.329 bits per heavy atom. The van der Waals surface area contributed by atoms with Crippen LogP contribution in [0.15, 0.2) is 218 Å². The first kappa shape index (κ1) is 38.2. The van der Waals surface area contributed by atoms with E-state index in [1.54, 1.807) is 0 Å². The Labute approximate surface area is 400 Å². The van der Waals surface area contributed by atoms with Crippen molar-refractivity contribution < 1.29 is 0 Å². The van der Waals surface area contributed by atoms with Gasteiger partial charge in [0.1, 0.15) is 6.07 Å². The average Bonchev–Trinajstić information content (AvgIpc) is 4.15. The number of fused-ring (bicyclic) bond motifs is 16. The predicted octanol–water partition coefficient (Wildman–Crippen LogP) is 16.8. The summed E-state index contributed by atoms with van der Waals surface area (Å²) in [6.07, 6.45) is 0. The highest BCUT2D eigenvalue weighted by Gasteiger charge is 2.24.